The van der Waals surface area contributed by atoms with E-state index in [1.807, 2.05) is 4.90 Å². The highest BCUT2D eigenvalue weighted by Gasteiger charge is 2.31. The van der Waals surface area contributed by atoms with E-state index in [9.17, 15) is 9.59 Å². The number of carbonyl (C=O) groups excluding carboxylic acids is 2. The van der Waals surface area contributed by atoms with Gasteiger partial charge in [-0.25, -0.2) is 9.97 Å². The van der Waals surface area contributed by atoms with Crippen molar-refractivity contribution in [2.75, 3.05) is 70.4 Å². The Morgan fingerprint density at radius 2 is 1.40 bits per heavy atom. The van der Waals surface area contributed by atoms with Gasteiger partial charge in [0.15, 0.2) is 0 Å². The zero-order valence-electron chi connectivity index (χ0n) is 14.3. The molecule has 0 spiro atoms. The largest absolute Gasteiger partial charge is 0.395 e. The summed E-state index contributed by atoms with van der Waals surface area (Å²) in [6.45, 7) is 5.39. The molecule has 3 rings (SSSR count). The van der Waals surface area contributed by atoms with E-state index < -0.39 is 11.8 Å². The second-order valence-electron chi connectivity index (χ2n) is 6.19. The summed E-state index contributed by atoms with van der Waals surface area (Å²) in [4.78, 5) is 40.7. The quantitative estimate of drug-likeness (QED) is 0.648. The van der Waals surface area contributed by atoms with Gasteiger partial charge in [0.05, 0.1) is 6.61 Å². The molecule has 0 radical (unpaired) electrons. The fourth-order valence-electron chi connectivity index (χ4n) is 3.15. The number of amides is 2. The normalized spacial score (nSPS) is 19.2. The van der Waals surface area contributed by atoms with Gasteiger partial charge in [-0.3, -0.25) is 14.5 Å². The van der Waals surface area contributed by atoms with Gasteiger partial charge in [-0.2, -0.15) is 0 Å². The molecule has 2 aliphatic rings. The van der Waals surface area contributed by atoms with E-state index in [0.29, 0.717) is 64.9 Å². The summed E-state index contributed by atoms with van der Waals surface area (Å²) < 4.78 is 0. The molecule has 2 aliphatic heterocycles. The number of hydrogen-bond acceptors (Lipinski definition) is 7. The van der Waals surface area contributed by atoms with Crippen LogP contribution < -0.4 is 4.90 Å². The van der Waals surface area contributed by atoms with E-state index >= 15 is 0 Å². The zero-order chi connectivity index (χ0) is 17.6. The molecule has 1 aromatic heterocycles. The molecule has 1 N–H and O–H groups in total. The minimum Gasteiger partial charge on any atom is -0.395 e. The van der Waals surface area contributed by atoms with Crippen LogP contribution in [0.25, 0.3) is 0 Å². The molecule has 0 aliphatic carbocycles. The Balaban J connectivity index is 1.48. The summed E-state index contributed by atoms with van der Waals surface area (Å²) in [6, 6.07) is 1.77. The van der Waals surface area contributed by atoms with Crippen molar-refractivity contribution in [1.82, 2.24) is 24.7 Å². The lowest BCUT2D eigenvalue weighted by Crippen LogP contribution is -2.56. The fraction of sp³-hybridized carbons (Fsp3) is 0.625. The molecule has 2 fully saturated rings. The van der Waals surface area contributed by atoms with Crippen molar-refractivity contribution >= 4 is 17.8 Å². The van der Waals surface area contributed by atoms with Crippen LogP contribution in [0.1, 0.15) is 0 Å². The second-order valence-corrected chi connectivity index (χ2v) is 6.19. The first-order valence-corrected chi connectivity index (χ1v) is 8.62. The molecular weight excluding hydrogens is 324 g/mol. The lowest BCUT2D eigenvalue weighted by Gasteiger charge is -2.37. The van der Waals surface area contributed by atoms with Crippen LogP contribution in [0.15, 0.2) is 18.5 Å². The van der Waals surface area contributed by atoms with Gasteiger partial charge < -0.3 is 19.8 Å². The molecule has 2 saturated heterocycles. The molecule has 1 aromatic rings. The predicted octanol–water partition coefficient (Wildman–Crippen LogP) is -1.74. The molecule has 0 bridgehead atoms. The van der Waals surface area contributed by atoms with Crippen LogP contribution in [-0.2, 0) is 9.59 Å². The van der Waals surface area contributed by atoms with Crippen LogP contribution in [0.2, 0.25) is 0 Å². The Morgan fingerprint density at radius 3 is 1.92 bits per heavy atom. The number of rotatable bonds is 3. The van der Waals surface area contributed by atoms with Crippen molar-refractivity contribution in [2.45, 2.75) is 0 Å². The standard InChI is InChI=1S/C16H24N6O3/c23-13-12-19-4-6-20(7-5-19)14(24)15(25)21-8-10-22(11-9-21)16-17-2-1-3-18-16/h1-3,23H,4-13H2. The van der Waals surface area contributed by atoms with Crippen LogP contribution in [0.3, 0.4) is 0 Å². The first kappa shape index (κ1) is 17.6. The van der Waals surface area contributed by atoms with E-state index in [1.54, 1.807) is 28.3 Å². The number of β-amino-alcohol motifs (C(OH)–C–C–N with tert-alkyl or cyclic N) is 1. The van der Waals surface area contributed by atoms with Crippen LogP contribution in [0.4, 0.5) is 5.95 Å². The molecule has 0 aromatic carbocycles. The third-order valence-corrected chi connectivity index (χ3v) is 4.66. The summed E-state index contributed by atoms with van der Waals surface area (Å²) in [6.07, 6.45) is 3.39. The number of aliphatic hydroxyl groups is 1. The zero-order valence-corrected chi connectivity index (χ0v) is 14.3. The third kappa shape index (κ3) is 4.23. The highest BCUT2D eigenvalue weighted by atomic mass is 16.3. The number of aliphatic hydroxyl groups excluding tert-OH is 1. The van der Waals surface area contributed by atoms with Gasteiger partial charge in [0, 0.05) is 71.3 Å². The van der Waals surface area contributed by atoms with Crippen molar-refractivity contribution in [3.8, 4) is 0 Å². The Hall–Kier alpha value is -2.26. The predicted molar refractivity (Wildman–Crippen MR) is 90.9 cm³/mol. The van der Waals surface area contributed by atoms with E-state index in [-0.39, 0.29) is 6.61 Å². The van der Waals surface area contributed by atoms with Crippen molar-refractivity contribution in [3.05, 3.63) is 18.5 Å². The van der Waals surface area contributed by atoms with Crippen LogP contribution >= 0.6 is 0 Å². The van der Waals surface area contributed by atoms with Crippen molar-refractivity contribution in [2.24, 2.45) is 0 Å². The maximum absolute atomic E-state index is 12.5. The van der Waals surface area contributed by atoms with Crippen LogP contribution in [0, 0.1) is 0 Å². The van der Waals surface area contributed by atoms with Crippen molar-refractivity contribution in [3.63, 3.8) is 0 Å². The van der Waals surface area contributed by atoms with E-state index in [4.69, 9.17) is 5.11 Å². The van der Waals surface area contributed by atoms with E-state index in [2.05, 4.69) is 14.9 Å². The molecule has 3 heterocycles. The number of aromatic nitrogens is 2. The molecular formula is C16H24N6O3. The first-order chi connectivity index (χ1) is 12.2. The summed E-state index contributed by atoms with van der Waals surface area (Å²) in [7, 11) is 0. The maximum Gasteiger partial charge on any atom is 0.312 e. The van der Waals surface area contributed by atoms with Gasteiger partial charge in [0.1, 0.15) is 0 Å². The number of nitrogens with zero attached hydrogens (tertiary/aromatic N) is 6. The number of carbonyl (C=O) groups is 2. The number of piperazine rings is 2. The van der Waals surface area contributed by atoms with Crippen LogP contribution in [0.5, 0.6) is 0 Å². The number of hydrogen-bond donors (Lipinski definition) is 1. The summed E-state index contributed by atoms with van der Waals surface area (Å²) >= 11 is 0. The van der Waals surface area contributed by atoms with E-state index in [0.717, 1.165) is 0 Å². The lowest BCUT2D eigenvalue weighted by molar-refractivity contribution is -0.153. The van der Waals surface area contributed by atoms with Gasteiger partial charge in [0.25, 0.3) is 0 Å². The Labute approximate surface area is 146 Å². The average molecular weight is 348 g/mol. The first-order valence-electron chi connectivity index (χ1n) is 8.62. The van der Waals surface area contributed by atoms with Gasteiger partial charge in [-0.15, -0.1) is 0 Å². The molecule has 9 heteroatoms. The lowest BCUT2D eigenvalue weighted by atomic mass is 10.2. The minimum atomic E-state index is -0.427. The smallest absolute Gasteiger partial charge is 0.312 e. The molecule has 136 valence electrons. The molecule has 9 nitrogen and oxygen atoms in total. The molecule has 0 saturated carbocycles. The van der Waals surface area contributed by atoms with Gasteiger partial charge in [0.2, 0.25) is 5.95 Å². The highest BCUT2D eigenvalue weighted by molar-refractivity contribution is 6.34. The minimum absolute atomic E-state index is 0.113. The van der Waals surface area contributed by atoms with Crippen molar-refractivity contribution in [1.29, 1.82) is 0 Å². The Morgan fingerprint density at radius 1 is 0.880 bits per heavy atom. The average Bonchev–Trinajstić information content (AvgIpc) is 2.68. The monoisotopic (exact) mass is 348 g/mol. The van der Waals surface area contributed by atoms with Crippen molar-refractivity contribution < 1.29 is 14.7 Å². The second kappa shape index (κ2) is 8.21. The third-order valence-electron chi connectivity index (χ3n) is 4.66. The van der Waals surface area contributed by atoms with Gasteiger partial charge in [-0.1, -0.05) is 0 Å². The number of anilines is 1. The Bertz CT molecular complexity index is 583. The van der Waals surface area contributed by atoms with E-state index in [1.165, 1.54) is 0 Å². The molecule has 25 heavy (non-hydrogen) atoms. The fourth-order valence-corrected chi connectivity index (χ4v) is 3.15. The van der Waals surface area contributed by atoms with Gasteiger partial charge >= 0.3 is 11.8 Å². The SMILES string of the molecule is O=C(C(=O)N1CCN(c2ncccn2)CC1)N1CCN(CCO)CC1. The highest BCUT2D eigenvalue weighted by Crippen LogP contribution is 2.11. The Kier molecular flexibility index (Phi) is 5.77. The topological polar surface area (TPSA) is 93.1 Å². The summed E-state index contributed by atoms with van der Waals surface area (Å²) in [5.41, 5.74) is 0. The summed E-state index contributed by atoms with van der Waals surface area (Å²) in [5.74, 6) is -0.196. The van der Waals surface area contributed by atoms with Crippen LogP contribution in [-0.4, -0.2) is 107 Å². The molecule has 2 amide bonds. The molecule has 0 unspecified atom stereocenters. The molecule has 0 atom stereocenters. The van der Waals surface area contributed by atoms with Gasteiger partial charge in [-0.05, 0) is 6.07 Å². The summed E-state index contributed by atoms with van der Waals surface area (Å²) in [5, 5.41) is 8.96. The maximum atomic E-state index is 12.5.